The lowest BCUT2D eigenvalue weighted by Gasteiger charge is -2.14. The van der Waals surface area contributed by atoms with E-state index >= 15 is 0 Å². The Labute approximate surface area is 129 Å². The number of benzene rings is 1. The third-order valence-electron chi connectivity index (χ3n) is 3.43. The second kappa shape index (κ2) is 9.24. The van der Waals surface area contributed by atoms with Crippen molar-refractivity contribution in [2.45, 2.75) is 45.4 Å². The van der Waals surface area contributed by atoms with E-state index in [2.05, 4.69) is 22.9 Å². The standard InChI is InChI=1S/C16H23BrFNO/c1-2-3-12(6-7-19)4-5-16(20)10-13-8-14(17)11-15(18)9-13/h8-9,11-12H,2-7,10,19H2,1H3. The number of ketones is 1. The van der Waals surface area contributed by atoms with Gasteiger partial charge in [0.05, 0.1) is 0 Å². The van der Waals surface area contributed by atoms with Gasteiger partial charge in [0.15, 0.2) is 0 Å². The van der Waals surface area contributed by atoms with Gasteiger partial charge in [0.1, 0.15) is 11.6 Å². The molecule has 0 saturated carbocycles. The normalized spacial score (nSPS) is 12.4. The van der Waals surface area contributed by atoms with Gasteiger partial charge < -0.3 is 5.73 Å². The van der Waals surface area contributed by atoms with E-state index in [4.69, 9.17) is 5.73 Å². The van der Waals surface area contributed by atoms with Crippen molar-refractivity contribution in [2.75, 3.05) is 6.54 Å². The van der Waals surface area contributed by atoms with E-state index in [1.807, 2.05) is 0 Å². The van der Waals surface area contributed by atoms with Gasteiger partial charge in [0.2, 0.25) is 0 Å². The molecule has 0 bridgehead atoms. The van der Waals surface area contributed by atoms with Crippen LogP contribution in [0.4, 0.5) is 4.39 Å². The van der Waals surface area contributed by atoms with Crippen molar-refractivity contribution in [3.05, 3.63) is 34.1 Å². The fourth-order valence-corrected chi connectivity index (χ4v) is 2.98. The van der Waals surface area contributed by atoms with Crippen molar-refractivity contribution in [2.24, 2.45) is 11.7 Å². The van der Waals surface area contributed by atoms with Crippen LogP contribution in [0.2, 0.25) is 0 Å². The molecule has 0 spiro atoms. The first-order valence-electron chi connectivity index (χ1n) is 7.21. The summed E-state index contributed by atoms with van der Waals surface area (Å²) in [7, 11) is 0. The molecule has 0 aliphatic rings. The zero-order valence-electron chi connectivity index (χ0n) is 12.0. The van der Waals surface area contributed by atoms with Gasteiger partial charge in [-0.15, -0.1) is 0 Å². The van der Waals surface area contributed by atoms with Crippen LogP contribution in [-0.4, -0.2) is 12.3 Å². The van der Waals surface area contributed by atoms with Crippen molar-refractivity contribution in [1.29, 1.82) is 0 Å². The molecule has 0 fully saturated rings. The molecule has 0 aliphatic carbocycles. The third-order valence-corrected chi connectivity index (χ3v) is 3.88. The average molecular weight is 344 g/mol. The Hall–Kier alpha value is -0.740. The molecule has 0 radical (unpaired) electrons. The Kier molecular flexibility index (Phi) is 8.00. The number of carbonyl (C=O) groups is 1. The monoisotopic (exact) mass is 343 g/mol. The SMILES string of the molecule is CCCC(CCN)CCC(=O)Cc1cc(F)cc(Br)c1. The molecular weight excluding hydrogens is 321 g/mol. The first-order chi connectivity index (χ1) is 9.55. The first-order valence-corrected chi connectivity index (χ1v) is 8.01. The summed E-state index contributed by atoms with van der Waals surface area (Å²) in [4.78, 5) is 12.0. The number of carbonyl (C=O) groups excluding carboxylic acids is 1. The number of nitrogens with two attached hydrogens (primary N) is 1. The molecule has 1 atom stereocenters. The number of Topliss-reactive ketones (excluding diaryl/α,β-unsaturated/α-hetero) is 1. The van der Waals surface area contributed by atoms with Crippen LogP contribution in [0.3, 0.4) is 0 Å². The maximum atomic E-state index is 13.2. The van der Waals surface area contributed by atoms with Crippen molar-refractivity contribution in [3.63, 3.8) is 0 Å². The van der Waals surface area contributed by atoms with E-state index in [0.717, 1.165) is 31.2 Å². The third kappa shape index (κ3) is 6.62. The highest BCUT2D eigenvalue weighted by atomic mass is 79.9. The highest BCUT2D eigenvalue weighted by molar-refractivity contribution is 9.10. The largest absolute Gasteiger partial charge is 0.330 e. The Morgan fingerprint density at radius 1 is 1.30 bits per heavy atom. The molecule has 0 aliphatic heterocycles. The average Bonchev–Trinajstić information content (AvgIpc) is 2.35. The van der Waals surface area contributed by atoms with E-state index in [0.29, 0.717) is 29.8 Å². The smallest absolute Gasteiger partial charge is 0.137 e. The molecule has 0 saturated heterocycles. The molecule has 0 amide bonds. The van der Waals surface area contributed by atoms with E-state index in [1.54, 1.807) is 6.07 Å². The van der Waals surface area contributed by atoms with Crippen LogP contribution >= 0.6 is 15.9 Å². The lowest BCUT2D eigenvalue weighted by atomic mass is 9.92. The fourth-order valence-electron chi connectivity index (χ4n) is 2.47. The highest BCUT2D eigenvalue weighted by Gasteiger charge is 2.11. The quantitative estimate of drug-likeness (QED) is 0.728. The summed E-state index contributed by atoms with van der Waals surface area (Å²) in [6.07, 6.45) is 4.97. The maximum Gasteiger partial charge on any atom is 0.137 e. The minimum Gasteiger partial charge on any atom is -0.330 e. The Bertz CT molecular complexity index is 410. The van der Waals surface area contributed by atoms with Gasteiger partial charge in [-0.05, 0) is 49.1 Å². The predicted octanol–water partition coefficient (Wildman–Crippen LogP) is 4.25. The van der Waals surface area contributed by atoms with Gasteiger partial charge in [0.25, 0.3) is 0 Å². The van der Waals surface area contributed by atoms with Crippen molar-refractivity contribution >= 4 is 21.7 Å². The summed E-state index contributed by atoms with van der Waals surface area (Å²) in [5.41, 5.74) is 6.32. The fraction of sp³-hybridized carbons (Fsp3) is 0.562. The Balaban J connectivity index is 2.46. The summed E-state index contributed by atoms with van der Waals surface area (Å²) in [6, 6.07) is 4.61. The minimum atomic E-state index is -0.311. The van der Waals surface area contributed by atoms with Crippen LogP contribution in [0.1, 0.15) is 44.6 Å². The molecule has 112 valence electrons. The van der Waals surface area contributed by atoms with E-state index in [1.165, 1.54) is 12.1 Å². The lowest BCUT2D eigenvalue weighted by Crippen LogP contribution is -2.12. The Morgan fingerprint density at radius 3 is 2.65 bits per heavy atom. The zero-order valence-corrected chi connectivity index (χ0v) is 13.6. The van der Waals surface area contributed by atoms with Gasteiger partial charge in [-0.3, -0.25) is 4.79 Å². The molecule has 2 N–H and O–H groups in total. The zero-order chi connectivity index (χ0) is 15.0. The van der Waals surface area contributed by atoms with Crippen LogP contribution in [0.5, 0.6) is 0 Å². The summed E-state index contributed by atoms with van der Waals surface area (Å²) >= 11 is 3.24. The topological polar surface area (TPSA) is 43.1 Å². The summed E-state index contributed by atoms with van der Waals surface area (Å²) in [5.74, 6) is 0.392. The molecule has 20 heavy (non-hydrogen) atoms. The number of hydrogen-bond donors (Lipinski definition) is 1. The van der Waals surface area contributed by atoms with Crippen LogP contribution in [0.25, 0.3) is 0 Å². The maximum absolute atomic E-state index is 13.2. The molecule has 2 nitrogen and oxygen atoms in total. The summed E-state index contributed by atoms with van der Waals surface area (Å²) in [5, 5.41) is 0. The van der Waals surface area contributed by atoms with Crippen molar-refractivity contribution in [1.82, 2.24) is 0 Å². The Morgan fingerprint density at radius 2 is 2.05 bits per heavy atom. The molecule has 1 rings (SSSR count). The van der Waals surface area contributed by atoms with Gasteiger partial charge >= 0.3 is 0 Å². The van der Waals surface area contributed by atoms with Crippen molar-refractivity contribution < 1.29 is 9.18 Å². The second-order valence-corrected chi connectivity index (χ2v) is 6.18. The lowest BCUT2D eigenvalue weighted by molar-refractivity contribution is -0.118. The van der Waals surface area contributed by atoms with Crippen LogP contribution in [-0.2, 0) is 11.2 Å². The second-order valence-electron chi connectivity index (χ2n) is 5.26. The molecule has 1 aromatic rings. The molecule has 0 heterocycles. The highest BCUT2D eigenvalue weighted by Crippen LogP contribution is 2.19. The van der Waals surface area contributed by atoms with Crippen LogP contribution < -0.4 is 5.73 Å². The van der Waals surface area contributed by atoms with Gasteiger partial charge in [0, 0.05) is 17.3 Å². The molecular formula is C16H23BrFNO. The van der Waals surface area contributed by atoms with E-state index in [9.17, 15) is 9.18 Å². The van der Waals surface area contributed by atoms with Gasteiger partial charge in [-0.1, -0.05) is 35.7 Å². The summed E-state index contributed by atoms with van der Waals surface area (Å²) in [6.45, 7) is 2.82. The van der Waals surface area contributed by atoms with Crippen LogP contribution in [0, 0.1) is 11.7 Å². The van der Waals surface area contributed by atoms with Crippen molar-refractivity contribution in [3.8, 4) is 0 Å². The van der Waals surface area contributed by atoms with Gasteiger partial charge in [-0.25, -0.2) is 4.39 Å². The number of hydrogen-bond acceptors (Lipinski definition) is 2. The van der Waals surface area contributed by atoms with E-state index in [-0.39, 0.29) is 11.6 Å². The summed E-state index contributed by atoms with van der Waals surface area (Å²) < 4.78 is 13.9. The minimum absolute atomic E-state index is 0.167. The van der Waals surface area contributed by atoms with Gasteiger partial charge in [-0.2, -0.15) is 0 Å². The molecule has 0 aromatic heterocycles. The first kappa shape index (κ1) is 17.3. The number of rotatable bonds is 9. The predicted molar refractivity (Wildman–Crippen MR) is 84.1 cm³/mol. The van der Waals surface area contributed by atoms with Crippen LogP contribution in [0.15, 0.2) is 22.7 Å². The molecule has 1 unspecified atom stereocenters. The molecule has 4 heteroatoms. The number of halogens is 2. The molecule has 1 aromatic carbocycles. The van der Waals surface area contributed by atoms with E-state index < -0.39 is 0 Å².